The first-order valence-corrected chi connectivity index (χ1v) is 5.53. The minimum absolute atomic E-state index is 0.121. The van der Waals surface area contributed by atoms with Gasteiger partial charge in [0.05, 0.1) is 10.7 Å². The predicted octanol–water partition coefficient (Wildman–Crippen LogP) is 2.85. The lowest BCUT2D eigenvalue weighted by Gasteiger charge is -2.07. The number of benzene rings is 1. The summed E-state index contributed by atoms with van der Waals surface area (Å²) in [6.07, 6.45) is 1.29. The Morgan fingerprint density at radius 2 is 2.00 bits per heavy atom. The van der Waals surface area contributed by atoms with E-state index in [1.54, 1.807) is 0 Å². The molecule has 0 aliphatic carbocycles. The molecule has 0 fully saturated rings. The number of amides is 1. The van der Waals surface area contributed by atoms with Crippen molar-refractivity contribution in [3.63, 3.8) is 0 Å². The van der Waals surface area contributed by atoms with Crippen LogP contribution in [0.3, 0.4) is 0 Å². The number of hydrogen-bond acceptors (Lipinski definition) is 3. The molecule has 1 aromatic heterocycles. The van der Waals surface area contributed by atoms with E-state index in [9.17, 15) is 13.6 Å². The molecule has 0 atom stereocenters. The van der Waals surface area contributed by atoms with Gasteiger partial charge in [0, 0.05) is 6.20 Å². The van der Waals surface area contributed by atoms with E-state index in [4.69, 9.17) is 17.3 Å². The lowest BCUT2D eigenvalue weighted by atomic mass is 10.1. The van der Waals surface area contributed by atoms with E-state index in [-0.39, 0.29) is 11.5 Å². The molecule has 0 radical (unpaired) electrons. The number of pyridine rings is 1. The van der Waals surface area contributed by atoms with Crippen molar-refractivity contribution in [2.45, 2.75) is 0 Å². The third-order valence-electron chi connectivity index (χ3n) is 2.32. The molecule has 98 valence electrons. The molecule has 7 heteroatoms. The molecule has 0 bridgehead atoms. The van der Waals surface area contributed by atoms with Gasteiger partial charge >= 0.3 is 0 Å². The normalized spacial score (nSPS) is 10.3. The van der Waals surface area contributed by atoms with Gasteiger partial charge in [0.15, 0.2) is 5.82 Å². The Morgan fingerprint density at radius 1 is 1.26 bits per heavy atom. The molecule has 19 heavy (non-hydrogen) atoms. The van der Waals surface area contributed by atoms with Crippen molar-refractivity contribution in [3.8, 4) is 0 Å². The number of nitrogen functional groups attached to an aromatic ring is 1. The molecule has 0 aliphatic rings. The number of nitrogens with zero attached hydrogens (tertiary/aromatic N) is 1. The quantitative estimate of drug-likeness (QED) is 0.833. The van der Waals surface area contributed by atoms with Crippen LogP contribution in [0.1, 0.15) is 10.4 Å². The monoisotopic (exact) mass is 283 g/mol. The number of nitrogens with two attached hydrogens (primary N) is 1. The smallest absolute Gasteiger partial charge is 0.262 e. The maximum atomic E-state index is 13.6. The standard InChI is InChI=1S/C12H8ClF2N3O/c13-6-1-4-9(17-5-6)18-12(19)10-7(14)2-3-8(16)11(10)15/h1-5H,16H2,(H,17,18,19). The van der Waals surface area contributed by atoms with E-state index in [0.29, 0.717) is 5.02 Å². The van der Waals surface area contributed by atoms with Crippen molar-refractivity contribution in [1.29, 1.82) is 0 Å². The molecule has 3 N–H and O–H groups in total. The van der Waals surface area contributed by atoms with E-state index >= 15 is 0 Å². The fraction of sp³-hybridized carbons (Fsp3) is 0. The summed E-state index contributed by atoms with van der Waals surface area (Å²) in [5, 5.41) is 2.62. The average Bonchev–Trinajstić information content (AvgIpc) is 2.37. The molecule has 2 rings (SSSR count). The first-order chi connectivity index (χ1) is 8.99. The summed E-state index contributed by atoms with van der Waals surface area (Å²) in [5.41, 5.74) is 4.22. The fourth-order valence-electron chi connectivity index (χ4n) is 1.41. The SMILES string of the molecule is Nc1ccc(F)c(C(=O)Nc2ccc(Cl)cn2)c1F. The molecule has 0 saturated heterocycles. The van der Waals surface area contributed by atoms with Gasteiger partial charge in [-0.15, -0.1) is 0 Å². The molecular formula is C12H8ClF2N3O. The zero-order chi connectivity index (χ0) is 14.0. The topological polar surface area (TPSA) is 68.0 Å². The number of anilines is 2. The van der Waals surface area contributed by atoms with Crippen molar-refractivity contribution in [2.24, 2.45) is 0 Å². The minimum atomic E-state index is -1.11. The van der Waals surface area contributed by atoms with E-state index in [2.05, 4.69) is 10.3 Å². The summed E-state index contributed by atoms with van der Waals surface area (Å²) in [4.78, 5) is 15.6. The summed E-state index contributed by atoms with van der Waals surface area (Å²) in [6.45, 7) is 0. The number of halogens is 3. The highest BCUT2D eigenvalue weighted by Gasteiger charge is 2.19. The maximum absolute atomic E-state index is 13.6. The van der Waals surface area contributed by atoms with Crippen LogP contribution >= 0.6 is 11.6 Å². The van der Waals surface area contributed by atoms with Gasteiger partial charge in [0.1, 0.15) is 17.2 Å². The zero-order valence-electron chi connectivity index (χ0n) is 9.45. The molecule has 1 heterocycles. The van der Waals surface area contributed by atoms with Crippen LogP contribution in [0.2, 0.25) is 5.02 Å². The van der Waals surface area contributed by atoms with Gasteiger partial charge in [0.2, 0.25) is 0 Å². The lowest BCUT2D eigenvalue weighted by Crippen LogP contribution is -2.17. The molecular weight excluding hydrogens is 276 g/mol. The second kappa shape index (κ2) is 5.19. The molecule has 1 amide bonds. The zero-order valence-corrected chi connectivity index (χ0v) is 10.2. The number of carbonyl (C=O) groups is 1. The minimum Gasteiger partial charge on any atom is -0.396 e. The molecule has 1 aromatic carbocycles. The van der Waals surface area contributed by atoms with Crippen molar-refractivity contribution in [1.82, 2.24) is 4.98 Å². The van der Waals surface area contributed by atoms with Crippen LogP contribution in [0.4, 0.5) is 20.3 Å². The molecule has 0 spiro atoms. The number of hydrogen-bond donors (Lipinski definition) is 2. The number of nitrogens with one attached hydrogen (secondary N) is 1. The highest BCUT2D eigenvalue weighted by molar-refractivity contribution is 6.30. The van der Waals surface area contributed by atoms with Crippen LogP contribution in [-0.2, 0) is 0 Å². The first-order valence-electron chi connectivity index (χ1n) is 5.15. The molecule has 4 nitrogen and oxygen atoms in total. The van der Waals surface area contributed by atoms with Crippen LogP contribution in [0.25, 0.3) is 0 Å². The van der Waals surface area contributed by atoms with Gasteiger partial charge in [-0.05, 0) is 24.3 Å². The summed E-state index contributed by atoms with van der Waals surface area (Å²) < 4.78 is 27.1. The second-order valence-electron chi connectivity index (χ2n) is 3.64. The van der Waals surface area contributed by atoms with Crippen molar-refractivity contribution in [3.05, 3.63) is 52.7 Å². The Labute approximate surface area is 112 Å². The number of rotatable bonds is 2. The molecule has 2 aromatic rings. The van der Waals surface area contributed by atoms with Crippen molar-refractivity contribution < 1.29 is 13.6 Å². The predicted molar refractivity (Wildman–Crippen MR) is 68.0 cm³/mol. The second-order valence-corrected chi connectivity index (χ2v) is 4.08. The Kier molecular flexibility index (Phi) is 3.62. The summed E-state index contributed by atoms with van der Waals surface area (Å²) in [7, 11) is 0. The third kappa shape index (κ3) is 2.79. The summed E-state index contributed by atoms with van der Waals surface area (Å²) in [5.74, 6) is -2.96. The van der Waals surface area contributed by atoms with Gasteiger partial charge in [-0.25, -0.2) is 13.8 Å². The summed E-state index contributed by atoms with van der Waals surface area (Å²) in [6, 6.07) is 4.85. The van der Waals surface area contributed by atoms with Gasteiger partial charge in [-0.3, -0.25) is 4.79 Å². The Balaban J connectivity index is 2.30. The van der Waals surface area contributed by atoms with Crippen LogP contribution < -0.4 is 11.1 Å². The Morgan fingerprint density at radius 3 is 2.63 bits per heavy atom. The fourth-order valence-corrected chi connectivity index (χ4v) is 1.52. The molecule has 0 aliphatic heterocycles. The maximum Gasteiger partial charge on any atom is 0.262 e. The van der Waals surface area contributed by atoms with E-state index in [1.165, 1.54) is 18.3 Å². The van der Waals surface area contributed by atoms with E-state index in [1.807, 2.05) is 0 Å². The first kappa shape index (κ1) is 13.2. The van der Waals surface area contributed by atoms with Gasteiger partial charge in [-0.1, -0.05) is 11.6 Å². The Hall–Kier alpha value is -2.21. The molecule has 0 saturated carbocycles. The van der Waals surface area contributed by atoms with E-state index in [0.717, 1.165) is 12.1 Å². The van der Waals surface area contributed by atoms with Crippen LogP contribution in [-0.4, -0.2) is 10.9 Å². The number of carbonyl (C=O) groups excluding carboxylic acids is 1. The average molecular weight is 284 g/mol. The summed E-state index contributed by atoms with van der Waals surface area (Å²) >= 11 is 5.62. The van der Waals surface area contributed by atoms with Crippen LogP contribution in [0.15, 0.2) is 30.5 Å². The van der Waals surface area contributed by atoms with Gasteiger partial charge in [0.25, 0.3) is 5.91 Å². The Bertz CT molecular complexity index is 632. The van der Waals surface area contributed by atoms with Crippen molar-refractivity contribution >= 4 is 29.0 Å². The van der Waals surface area contributed by atoms with Gasteiger partial charge in [-0.2, -0.15) is 0 Å². The third-order valence-corrected chi connectivity index (χ3v) is 2.54. The molecule has 0 unspecified atom stereocenters. The lowest BCUT2D eigenvalue weighted by molar-refractivity contribution is 0.101. The highest BCUT2D eigenvalue weighted by atomic mass is 35.5. The van der Waals surface area contributed by atoms with Crippen LogP contribution in [0.5, 0.6) is 0 Å². The number of aromatic nitrogens is 1. The highest BCUT2D eigenvalue weighted by Crippen LogP contribution is 2.20. The van der Waals surface area contributed by atoms with E-state index < -0.39 is 23.1 Å². The largest absolute Gasteiger partial charge is 0.396 e. The van der Waals surface area contributed by atoms with Crippen molar-refractivity contribution in [2.75, 3.05) is 11.1 Å². The van der Waals surface area contributed by atoms with Gasteiger partial charge < -0.3 is 11.1 Å². The van der Waals surface area contributed by atoms with Crippen LogP contribution in [0, 0.1) is 11.6 Å².